The lowest BCUT2D eigenvalue weighted by atomic mass is 9.71. The minimum absolute atomic E-state index is 0.273. The molecule has 1 unspecified atom stereocenters. The monoisotopic (exact) mass is 344 g/mol. The Balaban J connectivity index is 2.01. The van der Waals surface area contributed by atoms with Crippen LogP contribution in [0.25, 0.3) is 0 Å². The molecule has 3 rings (SSSR count). The van der Waals surface area contributed by atoms with Gasteiger partial charge >= 0.3 is 0 Å². The fraction of sp³-hybridized carbons (Fsp3) is 0.167. The molecule has 0 saturated carbocycles. The second-order valence-corrected chi connectivity index (χ2v) is 6.49. The molecule has 1 N–H and O–H groups in total. The Morgan fingerprint density at radius 1 is 0.846 bits per heavy atom. The van der Waals surface area contributed by atoms with Gasteiger partial charge in [-0.3, -0.25) is 0 Å². The molecule has 2 nitrogen and oxygen atoms in total. The van der Waals surface area contributed by atoms with E-state index >= 15 is 0 Å². The van der Waals surface area contributed by atoms with Crippen LogP contribution in [0, 0.1) is 0 Å². The smallest absolute Gasteiger partial charge is 0.119 e. The Bertz CT molecular complexity index is 836. The van der Waals surface area contributed by atoms with E-state index in [9.17, 15) is 5.11 Å². The molecular formula is C24H24O2. The van der Waals surface area contributed by atoms with E-state index in [1.54, 1.807) is 12.1 Å². The van der Waals surface area contributed by atoms with Crippen LogP contribution >= 0.6 is 0 Å². The summed E-state index contributed by atoms with van der Waals surface area (Å²) < 4.78 is 5.74. The van der Waals surface area contributed by atoms with Crippen LogP contribution in [-0.2, 0) is 5.41 Å². The molecule has 3 aromatic rings. The van der Waals surface area contributed by atoms with Crippen LogP contribution in [0.15, 0.2) is 91.5 Å². The van der Waals surface area contributed by atoms with Crippen molar-refractivity contribution in [1.82, 2.24) is 0 Å². The van der Waals surface area contributed by atoms with E-state index in [0.29, 0.717) is 6.61 Å². The first-order valence-corrected chi connectivity index (χ1v) is 8.84. The molecule has 0 aliphatic heterocycles. The van der Waals surface area contributed by atoms with E-state index in [4.69, 9.17) is 4.74 Å². The van der Waals surface area contributed by atoms with Gasteiger partial charge in [0.2, 0.25) is 0 Å². The number of rotatable bonds is 7. The largest absolute Gasteiger partial charge is 0.508 e. The van der Waals surface area contributed by atoms with E-state index in [-0.39, 0.29) is 11.2 Å². The molecule has 0 saturated heterocycles. The maximum Gasteiger partial charge on any atom is 0.119 e. The van der Waals surface area contributed by atoms with Crippen LogP contribution in [0.5, 0.6) is 11.5 Å². The second-order valence-electron chi connectivity index (χ2n) is 6.49. The summed E-state index contributed by atoms with van der Waals surface area (Å²) >= 11 is 0. The Hall–Kier alpha value is -3.00. The fourth-order valence-electron chi connectivity index (χ4n) is 3.21. The lowest BCUT2D eigenvalue weighted by molar-refractivity contribution is 0.325. The zero-order valence-electron chi connectivity index (χ0n) is 15.1. The zero-order valence-corrected chi connectivity index (χ0v) is 15.1. The first-order chi connectivity index (χ1) is 12.6. The quantitative estimate of drug-likeness (QED) is 0.338. The molecule has 0 bridgehead atoms. The van der Waals surface area contributed by atoms with Gasteiger partial charge < -0.3 is 9.84 Å². The molecule has 0 fully saturated rings. The number of ether oxygens (including phenoxy) is 1. The Labute approximate surface area is 155 Å². The molecule has 0 aliphatic carbocycles. The molecule has 132 valence electrons. The van der Waals surface area contributed by atoms with Crippen LogP contribution in [0.2, 0.25) is 0 Å². The third kappa shape index (κ3) is 3.65. The number of phenols is 1. The highest BCUT2D eigenvalue weighted by Gasteiger charge is 2.31. The van der Waals surface area contributed by atoms with Crippen molar-refractivity contribution in [2.75, 3.05) is 6.61 Å². The topological polar surface area (TPSA) is 29.5 Å². The minimum Gasteiger partial charge on any atom is -0.508 e. The van der Waals surface area contributed by atoms with Gasteiger partial charge in [0.05, 0.1) is 6.61 Å². The van der Waals surface area contributed by atoms with Gasteiger partial charge in [0.1, 0.15) is 11.5 Å². The summed E-state index contributed by atoms with van der Waals surface area (Å²) in [5.74, 6) is 1.13. The first kappa shape index (κ1) is 17.8. The second kappa shape index (κ2) is 7.92. The number of hydrogen-bond acceptors (Lipinski definition) is 2. The Morgan fingerprint density at radius 2 is 1.38 bits per heavy atom. The van der Waals surface area contributed by atoms with Crippen molar-refractivity contribution in [2.24, 2.45) is 0 Å². The number of aromatic hydroxyl groups is 1. The summed E-state index contributed by atoms with van der Waals surface area (Å²) in [7, 11) is 0. The Morgan fingerprint density at radius 3 is 1.96 bits per heavy atom. The first-order valence-electron chi connectivity index (χ1n) is 8.84. The van der Waals surface area contributed by atoms with Crippen LogP contribution < -0.4 is 4.74 Å². The van der Waals surface area contributed by atoms with E-state index in [0.717, 1.165) is 17.7 Å². The molecule has 0 heterocycles. The SMILES string of the molecule is C=CCCOc1ccc(C(C)(c2ccccc2)c2ccc(O)cc2)cc1. The summed E-state index contributed by atoms with van der Waals surface area (Å²) in [5.41, 5.74) is 3.17. The summed E-state index contributed by atoms with van der Waals surface area (Å²) in [5, 5.41) is 9.68. The van der Waals surface area contributed by atoms with Crippen molar-refractivity contribution in [3.8, 4) is 11.5 Å². The molecule has 3 aromatic carbocycles. The lowest BCUT2D eigenvalue weighted by Gasteiger charge is -2.32. The van der Waals surface area contributed by atoms with Gasteiger partial charge in [-0.1, -0.05) is 60.7 Å². The van der Waals surface area contributed by atoms with Gasteiger partial charge in [-0.15, -0.1) is 6.58 Å². The standard InChI is InChI=1S/C24H24O2/c1-3-4-18-26-23-16-12-21(13-17-23)24(2,19-8-6-5-7-9-19)20-10-14-22(25)15-11-20/h3,5-17,25H,1,4,18H2,2H3. The van der Waals surface area contributed by atoms with Crippen molar-refractivity contribution in [3.63, 3.8) is 0 Å². The lowest BCUT2D eigenvalue weighted by Crippen LogP contribution is -2.25. The third-order valence-corrected chi connectivity index (χ3v) is 4.82. The fourth-order valence-corrected chi connectivity index (χ4v) is 3.21. The molecule has 0 radical (unpaired) electrons. The van der Waals surface area contributed by atoms with Crippen molar-refractivity contribution >= 4 is 0 Å². The van der Waals surface area contributed by atoms with Gasteiger partial charge in [-0.25, -0.2) is 0 Å². The molecule has 2 heteroatoms. The molecule has 0 spiro atoms. The number of hydrogen-bond donors (Lipinski definition) is 1. The maximum absolute atomic E-state index is 9.68. The van der Waals surface area contributed by atoms with Crippen LogP contribution in [0.3, 0.4) is 0 Å². The van der Waals surface area contributed by atoms with Gasteiger partial charge in [0, 0.05) is 5.41 Å². The molecule has 26 heavy (non-hydrogen) atoms. The van der Waals surface area contributed by atoms with Crippen molar-refractivity contribution in [2.45, 2.75) is 18.8 Å². The van der Waals surface area contributed by atoms with Crippen molar-refractivity contribution in [1.29, 1.82) is 0 Å². The maximum atomic E-state index is 9.68. The number of benzene rings is 3. The average molecular weight is 344 g/mol. The third-order valence-electron chi connectivity index (χ3n) is 4.82. The van der Waals surface area contributed by atoms with Gasteiger partial charge in [-0.05, 0) is 54.3 Å². The van der Waals surface area contributed by atoms with Crippen molar-refractivity contribution in [3.05, 3.63) is 108 Å². The van der Waals surface area contributed by atoms with E-state index in [1.165, 1.54) is 11.1 Å². The highest BCUT2D eigenvalue weighted by atomic mass is 16.5. The zero-order chi connectivity index (χ0) is 18.4. The molecule has 1 atom stereocenters. The van der Waals surface area contributed by atoms with Crippen LogP contribution in [0.1, 0.15) is 30.0 Å². The summed E-state index contributed by atoms with van der Waals surface area (Å²) in [6, 6.07) is 26.1. The number of phenolic OH excluding ortho intramolecular Hbond substituents is 1. The summed E-state index contributed by atoms with van der Waals surface area (Å²) in [6.45, 7) is 6.56. The summed E-state index contributed by atoms with van der Waals surface area (Å²) in [6.07, 6.45) is 2.68. The molecule has 0 amide bonds. The Kier molecular flexibility index (Phi) is 5.43. The van der Waals surface area contributed by atoms with Crippen LogP contribution in [0.4, 0.5) is 0 Å². The van der Waals surface area contributed by atoms with E-state index in [2.05, 4.69) is 49.9 Å². The van der Waals surface area contributed by atoms with Crippen molar-refractivity contribution < 1.29 is 9.84 Å². The molecule has 0 aromatic heterocycles. The van der Waals surface area contributed by atoms with E-state index in [1.807, 2.05) is 36.4 Å². The average Bonchev–Trinajstić information content (AvgIpc) is 2.69. The highest BCUT2D eigenvalue weighted by molar-refractivity contribution is 5.51. The molecule has 0 aliphatic rings. The van der Waals surface area contributed by atoms with Gasteiger partial charge in [0.25, 0.3) is 0 Å². The highest BCUT2D eigenvalue weighted by Crippen LogP contribution is 2.39. The molecular weight excluding hydrogens is 320 g/mol. The predicted molar refractivity (Wildman–Crippen MR) is 107 cm³/mol. The van der Waals surface area contributed by atoms with Crippen LogP contribution in [-0.4, -0.2) is 11.7 Å². The normalized spacial score (nSPS) is 13.0. The van der Waals surface area contributed by atoms with E-state index < -0.39 is 0 Å². The van der Waals surface area contributed by atoms with Gasteiger partial charge in [-0.2, -0.15) is 0 Å². The van der Waals surface area contributed by atoms with Gasteiger partial charge in [0.15, 0.2) is 0 Å². The predicted octanol–water partition coefficient (Wildman–Crippen LogP) is 5.70. The minimum atomic E-state index is -0.325. The summed E-state index contributed by atoms with van der Waals surface area (Å²) in [4.78, 5) is 0.